The van der Waals surface area contributed by atoms with Gasteiger partial charge in [-0.25, -0.2) is 4.79 Å². The van der Waals surface area contributed by atoms with Crippen molar-refractivity contribution in [1.29, 1.82) is 0 Å². The Kier molecular flexibility index (Phi) is 8.76. The zero-order valence-electron chi connectivity index (χ0n) is 22.6. The van der Waals surface area contributed by atoms with Crippen LogP contribution in [0.4, 0.5) is 4.79 Å². The number of benzene rings is 2. The lowest BCUT2D eigenvalue weighted by Crippen LogP contribution is -2.57. The molecule has 4 atom stereocenters. The fourth-order valence-electron chi connectivity index (χ4n) is 5.45. The van der Waals surface area contributed by atoms with Crippen LogP contribution in [0.15, 0.2) is 65.8 Å². The van der Waals surface area contributed by atoms with E-state index in [1.165, 1.54) is 0 Å². The second-order valence-electron chi connectivity index (χ2n) is 11.1. The minimum atomic E-state index is -0.897. The van der Waals surface area contributed by atoms with Crippen molar-refractivity contribution in [3.8, 4) is 0 Å². The Hall–Kier alpha value is -4.04. The molecule has 0 bridgehead atoms. The summed E-state index contributed by atoms with van der Waals surface area (Å²) in [6, 6.07) is 16.8. The van der Waals surface area contributed by atoms with Crippen molar-refractivity contribution in [2.45, 2.75) is 88.7 Å². The minimum Gasteiger partial charge on any atom is -0.444 e. The maximum absolute atomic E-state index is 13.9. The summed E-state index contributed by atoms with van der Waals surface area (Å²) in [4.78, 5) is 44.9. The number of hydrogen-bond donors (Lipinski definition) is 2. The van der Waals surface area contributed by atoms with Gasteiger partial charge in [-0.1, -0.05) is 65.8 Å². The summed E-state index contributed by atoms with van der Waals surface area (Å²) < 4.78 is 5.39. The van der Waals surface area contributed by atoms with Gasteiger partial charge in [0.2, 0.25) is 11.8 Å². The van der Waals surface area contributed by atoms with Gasteiger partial charge in [0, 0.05) is 17.0 Å². The van der Waals surface area contributed by atoms with Crippen molar-refractivity contribution in [3.63, 3.8) is 0 Å². The highest BCUT2D eigenvalue weighted by Crippen LogP contribution is 2.33. The van der Waals surface area contributed by atoms with Crippen LogP contribution >= 0.6 is 0 Å². The minimum absolute atomic E-state index is 0.263. The highest BCUT2D eigenvalue weighted by molar-refractivity contribution is 5.92. The largest absolute Gasteiger partial charge is 0.444 e. The number of rotatable bonds is 6. The fraction of sp³-hybridized carbons (Fsp3) is 0.483. The Labute approximate surface area is 228 Å². The standard InChI is InChI=1S/C29H36N6O4/c1-29(2,3)39-28(38)31-23-16-14-21(33-34-30)18-22-15-17-24(35(22)27(23)37)26(36)32-25(19-10-6-4-7-11-19)20-12-8-5-9-13-20/h4-13,21-25H,14-18H2,1-3H3,(H,31,38)(H,32,36)/t21-,22+,23-,24-/m0/s1. The summed E-state index contributed by atoms with van der Waals surface area (Å²) >= 11 is 0. The molecule has 0 radical (unpaired) electrons. The van der Waals surface area contributed by atoms with Gasteiger partial charge in [-0.2, -0.15) is 0 Å². The van der Waals surface area contributed by atoms with Crippen molar-refractivity contribution in [3.05, 3.63) is 82.2 Å². The molecule has 0 saturated carbocycles. The predicted molar refractivity (Wildman–Crippen MR) is 146 cm³/mol. The molecular weight excluding hydrogens is 496 g/mol. The summed E-state index contributed by atoms with van der Waals surface area (Å²) in [5.41, 5.74) is 10.2. The summed E-state index contributed by atoms with van der Waals surface area (Å²) in [6.07, 6.45) is 1.56. The number of azide groups is 1. The third kappa shape index (κ3) is 7.09. The number of hydrogen-bond acceptors (Lipinski definition) is 5. The number of alkyl carbamates (subject to hydrolysis) is 1. The van der Waals surface area contributed by atoms with Crippen molar-refractivity contribution in [2.24, 2.45) is 5.11 Å². The van der Waals surface area contributed by atoms with Gasteiger partial charge < -0.3 is 20.3 Å². The fourth-order valence-corrected chi connectivity index (χ4v) is 5.45. The van der Waals surface area contributed by atoms with E-state index in [1.807, 2.05) is 60.7 Å². The molecule has 0 aromatic heterocycles. The predicted octanol–water partition coefficient (Wildman–Crippen LogP) is 5.01. The third-order valence-electron chi connectivity index (χ3n) is 7.15. The molecule has 2 aliphatic heterocycles. The molecule has 3 amide bonds. The van der Waals surface area contributed by atoms with Gasteiger partial charge in [0.1, 0.15) is 17.7 Å². The Morgan fingerprint density at radius 2 is 1.62 bits per heavy atom. The van der Waals surface area contributed by atoms with E-state index in [4.69, 9.17) is 10.3 Å². The summed E-state index contributed by atoms with van der Waals surface area (Å²) in [5, 5.41) is 9.82. The summed E-state index contributed by atoms with van der Waals surface area (Å²) in [7, 11) is 0. The lowest BCUT2D eigenvalue weighted by molar-refractivity contribution is -0.143. The molecular formula is C29H36N6O4. The van der Waals surface area contributed by atoms with Crippen LogP contribution < -0.4 is 10.6 Å². The Morgan fingerprint density at radius 3 is 2.18 bits per heavy atom. The van der Waals surface area contributed by atoms with Gasteiger partial charge in [-0.15, -0.1) is 0 Å². The van der Waals surface area contributed by atoms with Gasteiger partial charge in [0.25, 0.3) is 0 Å². The van der Waals surface area contributed by atoms with E-state index >= 15 is 0 Å². The quantitative estimate of drug-likeness (QED) is 0.307. The number of fused-ring (bicyclic) bond motifs is 1. The number of carbonyl (C=O) groups excluding carboxylic acids is 3. The summed E-state index contributed by atoms with van der Waals surface area (Å²) in [5.74, 6) is -0.584. The Balaban J connectivity index is 1.60. The van der Waals surface area contributed by atoms with Crippen molar-refractivity contribution in [2.75, 3.05) is 0 Å². The van der Waals surface area contributed by atoms with E-state index in [1.54, 1.807) is 25.7 Å². The number of ether oxygens (including phenoxy) is 1. The number of amides is 3. The van der Waals surface area contributed by atoms with Crippen molar-refractivity contribution < 1.29 is 19.1 Å². The first-order valence-electron chi connectivity index (χ1n) is 13.4. The molecule has 2 saturated heterocycles. The van der Waals surface area contributed by atoms with E-state index < -0.39 is 29.8 Å². The zero-order valence-corrected chi connectivity index (χ0v) is 22.6. The van der Waals surface area contributed by atoms with Gasteiger partial charge in [0.15, 0.2) is 0 Å². The molecule has 39 heavy (non-hydrogen) atoms. The van der Waals surface area contributed by atoms with Crippen LogP contribution in [-0.4, -0.2) is 52.6 Å². The molecule has 0 aliphatic carbocycles. The second kappa shape index (κ2) is 12.2. The first-order chi connectivity index (χ1) is 18.7. The van der Waals surface area contributed by atoms with Gasteiger partial charge in [0.05, 0.1) is 6.04 Å². The maximum Gasteiger partial charge on any atom is 0.408 e. The van der Waals surface area contributed by atoms with Crippen LogP contribution in [0.25, 0.3) is 10.4 Å². The molecule has 2 aliphatic rings. The molecule has 4 rings (SSSR count). The van der Waals surface area contributed by atoms with E-state index in [0.29, 0.717) is 25.7 Å². The molecule has 0 unspecified atom stereocenters. The average molecular weight is 533 g/mol. The van der Waals surface area contributed by atoms with E-state index in [0.717, 1.165) is 11.1 Å². The lowest BCUT2D eigenvalue weighted by atomic mass is 9.95. The third-order valence-corrected chi connectivity index (χ3v) is 7.15. The van der Waals surface area contributed by atoms with Gasteiger partial charge in [-0.3, -0.25) is 9.59 Å². The Morgan fingerprint density at radius 1 is 1.00 bits per heavy atom. The van der Waals surface area contributed by atoms with Crippen molar-refractivity contribution in [1.82, 2.24) is 15.5 Å². The highest BCUT2D eigenvalue weighted by Gasteiger charge is 2.45. The van der Waals surface area contributed by atoms with Crippen LogP contribution in [0.1, 0.15) is 70.0 Å². The molecule has 2 fully saturated rings. The van der Waals surface area contributed by atoms with Crippen molar-refractivity contribution >= 4 is 17.9 Å². The second-order valence-corrected chi connectivity index (χ2v) is 11.1. The Bertz CT molecular complexity index is 1170. The van der Waals surface area contributed by atoms with E-state index in [9.17, 15) is 14.4 Å². The molecule has 2 heterocycles. The molecule has 2 N–H and O–H groups in total. The molecule has 206 valence electrons. The first-order valence-corrected chi connectivity index (χ1v) is 13.4. The monoisotopic (exact) mass is 532 g/mol. The number of carbonyl (C=O) groups is 3. The summed E-state index contributed by atoms with van der Waals surface area (Å²) in [6.45, 7) is 5.24. The maximum atomic E-state index is 13.9. The first kappa shape index (κ1) is 28.0. The molecule has 10 nitrogen and oxygen atoms in total. The van der Waals surface area contributed by atoms with Gasteiger partial charge in [-0.05, 0) is 69.5 Å². The van der Waals surface area contributed by atoms with Crippen LogP contribution in [0.3, 0.4) is 0 Å². The normalized spacial score (nSPS) is 23.2. The van der Waals surface area contributed by atoms with Crippen LogP contribution in [0, 0.1) is 0 Å². The number of nitrogens with one attached hydrogen (secondary N) is 2. The molecule has 2 aromatic carbocycles. The van der Waals surface area contributed by atoms with Crippen LogP contribution in [0.2, 0.25) is 0 Å². The zero-order chi connectivity index (χ0) is 28.0. The van der Waals surface area contributed by atoms with E-state index in [-0.39, 0.29) is 30.3 Å². The SMILES string of the molecule is CC(C)(C)OC(=O)N[C@H]1CC[C@H](N=[N+]=[N-])C[C@H]2CC[C@@H](C(=O)NC(c3ccccc3)c3ccccc3)N2C1=O. The molecule has 2 aromatic rings. The lowest BCUT2D eigenvalue weighted by Gasteiger charge is -2.37. The van der Waals surface area contributed by atoms with Crippen LogP contribution in [0.5, 0.6) is 0 Å². The highest BCUT2D eigenvalue weighted by atomic mass is 16.6. The average Bonchev–Trinajstić information content (AvgIpc) is 3.31. The van der Waals surface area contributed by atoms with Gasteiger partial charge >= 0.3 is 6.09 Å². The van der Waals surface area contributed by atoms with E-state index in [2.05, 4.69) is 20.7 Å². The molecule has 10 heteroatoms. The smallest absolute Gasteiger partial charge is 0.408 e. The molecule has 0 spiro atoms. The topological polar surface area (TPSA) is 136 Å². The number of nitrogens with zero attached hydrogens (tertiary/aromatic N) is 4. The van der Waals surface area contributed by atoms with Crippen LogP contribution in [-0.2, 0) is 14.3 Å².